The molecule has 3 aromatic rings. The molecule has 0 radical (unpaired) electrons. The van der Waals surface area contributed by atoms with E-state index < -0.39 is 36.1 Å². The summed E-state index contributed by atoms with van der Waals surface area (Å²) in [6, 6.07) is 29.5. The van der Waals surface area contributed by atoms with Crippen LogP contribution in [-0.2, 0) is 38.8 Å². The first-order valence-electron chi connectivity index (χ1n) is 12.4. The molecule has 0 amide bonds. The van der Waals surface area contributed by atoms with Crippen LogP contribution in [0.2, 0.25) is 0 Å². The van der Waals surface area contributed by atoms with Gasteiger partial charge in [0.1, 0.15) is 30.5 Å². The van der Waals surface area contributed by atoms with Crippen LogP contribution in [0.1, 0.15) is 30.5 Å². The van der Waals surface area contributed by atoms with Gasteiger partial charge in [-0.05, 0) is 30.5 Å². The van der Waals surface area contributed by atoms with Crippen molar-refractivity contribution in [1.82, 2.24) is 0 Å². The maximum absolute atomic E-state index is 11.3. The van der Waals surface area contributed by atoms with Crippen LogP contribution in [0.4, 0.5) is 0 Å². The molecule has 1 aliphatic rings. The van der Waals surface area contributed by atoms with E-state index in [-0.39, 0.29) is 6.61 Å². The summed E-state index contributed by atoms with van der Waals surface area (Å²) in [5, 5.41) is 22.1. The predicted molar refractivity (Wildman–Crippen MR) is 137 cm³/mol. The minimum Gasteiger partial charge on any atom is -0.388 e. The number of ether oxygens (including phenoxy) is 4. The molecule has 3 aromatic carbocycles. The van der Waals surface area contributed by atoms with Crippen molar-refractivity contribution in [2.24, 2.45) is 0 Å². The summed E-state index contributed by atoms with van der Waals surface area (Å²) in [6.45, 7) is 4.51. The van der Waals surface area contributed by atoms with Crippen molar-refractivity contribution in [2.45, 2.75) is 69.8 Å². The van der Waals surface area contributed by atoms with E-state index in [0.717, 1.165) is 16.7 Å². The number of hydrogen-bond acceptors (Lipinski definition) is 6. The van der Waals surface area contributed by atoms with E-state index in [0.29, 0.717) is 19.8 Å². The topological polar surface area (TPSA) is 77.4 Å². The fourth-order valence-electron chi connectivity index (χ4n) is 4.44. The molecule has 0 aliphatic carbocycles. The maximum atomic E-state index is 11.3. The maximum Gasteiger partial charge on any atom is 0.115 e. The first-order valence-corrected chi connectivity index (χ1v) is 12.4. The monoisotopic (exact) mass is 492 g/mol. The zero-order valence-electron chi connectivity index (χ0n) is 20.9. The SMILES string of the molecule is CC(C)(O)[C@H]1O[C@H](COCc2ccccc2)[C@@H](OCc2ccccc2)[C@H](OCc2ccccc2)[C@@H]1O. The summed E-state index contributed by atoms with van der Waals surface area (Å²) < 4.78 is 24.9. The Labute approximate surface area is 213 Å². The van der Waals surface area contributed by atoms with Crippen LogP contribution in [-0.4, -0.2) is 52.9 Å². The largest absolute Gasteiger partial charge is 0.388 e. The number of benzene rings is 3. The molecule has 1 saturated heterocycles. The molecule has 36 heavy (non-hydrogen) atoms. The third-order valence-corrected chi connectivity index (χ3v) is 6.32. The van der Waals surface area contributed by atoms with Crippen LogP contribution in [0, 0.1) is 0 Å². The van der Waals surface area contributed by atoms with E-state index in [1.165, 1.54) is 0 Å². The van der Waals surface area contributed by atoms with Crippen LogP contribution in [0.15, 0.2) is 91.0 Å². The van der Waals surface area contributed by atoms with Gasteiger partial charge in [-0.1, -0.05) is 91.0 Å². The molecule has 0 spiro atoms. The Balaban J connectivity index is 1.54. The normalized spacial score (nSPS) is 24.5. The molecule has 0 aromatic heterocycles. The number of aliphatic hydroxyl groups is 2. The molecule has 6 nitrogen and oxygen atoms in total. The second-order valence-electron chi connectivity index (χ2n) is 9.76. The quantitative estimate of drug-likeness (QED) is 0.416. The molecular weight excluding hydrogens is 456 g/mol. The van der Waals surface area contributed by atoms with Gasteiger partial charge in [0.2, 0.25) is 0 Å². The van der Waals surface area contributed by atoms with Gasteiger partial charge in [0, 0.05) is 0 Å². The zero-order valence-corrected chi connectivity index (χ0v) is 20.9. The average Bonchev–Trinajstić information content (AvgIpc) is 2.89. The zero-order chi connectivity index (χ0) is 25.4. The van der Waals surface area contributed by atoms with Gasteiger partial charge in [-0.3, -0.25) is 0 Å². The molecule has 4 rings (SSSR count). The number of rotatable bonds is 11. The lowest BCUT2D eigenvalue weighted by Crippen LogP contribution is -2.65. The number of aliphatic hydroxyl groups excluding tert-OH is 1. The molecular formula is C30H36O6. The van der Waals surface area contributed by atoms with E-state index in [1.807, 2.05) is 91.0 Å². The Hall–Kier alpha value is -2.58. The van der Waals surface area contributed by atoms with Crippen molar-refractivity contribution in [3.8, 4) is 0 Å². The first kappa shape index (κ1) is 26.5. The minimum absolute atomic E-state index is 0.221. The Morgan fingerprint density at radius 2 is 1.14 bits per heavy atom. The van der Waals surface area contributed by atoms with Crippen LogP contribution >= 0.6 is 0 Å². The summed E-state index contributed by atoms with van der Waals surface area (Å²) in [6.07, 6.45) is -3.87. The fourth-order valence-corrected chi connectivity index (χ4v) is 4.44. The summed E-state index contributed by atoms with van der Waals surface area (Å²) in [7, 11) is 0. The second-order valence-corrected chi connectivity index (χ2v) is 9.76. The van der Waals surface area contributed by atoms with Crippen molar-refractivity contribution in [3.63, 3.8) is 0 Å². The van der Waals surface area contributed by atoms with Gasteiger partial charge in [0.25, 0.3) is 0 Å². The Bertz CT molecular complexity index is 1020. The summed E-state index contributed by atoms with van der Waals surface area (Å²) in [5.74, 6) is 0. The molecule has 1 heterocycles. The summed E-state index contributed by atoms with van der Waals surface area (Å²) in [5.41, 5.74) is 1.73. The molecule has 1 fully saturated rings. The van der Waals surface area contributed by atoms with Crippen molar-refractivity contribution in [2.75, 3.05) is 6.61 Å². The predicted octanol–water partition coefficient (Wildman–Crippen LogP) is 4.27. The van der Waals surface area contributed by atoms with Crippen LogP contribution in [0.3, 0.4) is 0 Å². The van der Waals surface area contributed by atoms with Crippen LogP contribution in [0.25, 0.3) is 0 Å². The van der Waals surface area contributed by atoms with Crippen molar-refractivity contribution in [1.29, 1.82) is 0 Å². The highest BCUT2D eigenvalue weighted by atomic mass is 16.6. The third kappa shape index (κ3) is 7.23. The Morgan fingerprint density at radius 1 is 0.694 bits per heavy atom. The molecule has 192 valence electrons. The molecule has 6 heteroatoms. The summed E-state index contributed by atoms with van der Waals surface area (Å²) in [4.78, 5) is 0. The first-order chi connectivity index (χ1) is 17.4. The molecule has 2 N–H and O–H groups in total. The van der Waals surface area contributed by atoms with Gasteiger partial charge in [-0.15, -0.1) is 0 Å². The standard InChI is InChI=1S/C30H36O6/c1-30(2,32)29-26(31)28(35-20-24-16-10-5-11-17-24)27(34-19-23-14-8-4-9-15-23)25(36-29)21-33-18-22-12-6-3-7-13-22/h3-17,25-29,31-32H,18-21H2,1-2H3/t25-,26+,27-,28-,29+/m1/s1. The smallest absolute Gasteiger partial charge is 0.115 e. The molecule has 0 bridgehead atoms. The van der Waals surface area contributed by atoms with Crippen LogP contribution in [0.5, 0.6) is 0 Å². The van der Waals surface area contributed by atoms with E-state index >= 15 is 0 Å². The highest BCUT2D eigenvalue weighted by Gasteiger charge is 2.51. The lowest BCUT2D eigenvalue weighted by molar-refractivity contribution is -0.287. The van der Waals surface area contributed by atoms with Gasteiger partial charge < -0.3 is 29.2 Å². The fraction of sp³-hybridized carbons (Fsp3) is 0.400. The van der Waals surface area contributed by atoms with Gasteiger partial charge in [-0.25, -0.2) is 0 Å². The van der Waals surface area contributed by atoms with E-state index in [4.69, 9.17) is 18.9 Å². The molecule has 0 unspecified atom stereocenters. The van der Waals surface area contributed by atoms with Crippen molar-refractivity contribution in [3.05, 3.63) is 108 Å². The lowest BCUT2D eigenvalue weighted by Gasteiger charge is -2.47. The van der Waals surface area contributed by atoms with E-state index in [9.17, 15) is 10.2 Å². The van der Waals surface area contributed by atoms with Gasteiger partial charge in [-0.2, -0.15) is 0 Å². The Kier molecular flexibility index (Phi) is 9.26. The second kappa shape index (κ2) is 12.6. The van der Waals surface area contributed by atoms with Gasteiger partial charge in [0.05, 0.1) is 32.0 Å². The number of hydrogen-bond donors (Lipinski definition) is 2. The van der Waals surface area contributed by atoms with Crippen LogP contribution < -0.4 is 0 Å². The third-order valence-electron chi connectivity index (χ3n) is 6.32. The van der Waals surface area contributed by atoms with E-state index in [1.54, 1.807) is 13.8 Å². The molecule has 1 aliphatic heterocycles. The highest BCUT2D eigenvalue weighted by Crippen LogP contribution is 2.32. The van der Waals surface area contributed by atoms with Gasteiger partial charge >= 0.3 is 0 Å². The molecule has 5 atom stereocenters. The lowest BCUT2D eigenvalue weighted by atomic mass is 9.86. The minimum atomic E-state index is -1.30. The molecule has 0 saturated carbocycles. The van der Waals surface area contributed by atoms with E-state index in [2.05, 4.69) is 0 Å². The summed E-state index contributed by atoms with van der Waals surface area (Å²) >= 11 is 0. The van der Waals surface area contributed by atoms with Crippen molar-refractivity contribution < 1.29 is 29.2 Å². The highest BCUT2D eigenvalue weighted by molar-refractivity contribution is 5.15. The van der Waals surface area contributed by atoms with Crippen molar-refractivity contribution >= 4 is 0 Å². The average molecular weight is 493 g/mol. The van der Waals surface area contributed by atoms with Gasteiger partial charge in [0.15, 0.2) is 0 Å². The Morgan fingerprint density at radius 3 is 1.61 bits per heavy atom.